The minimum Gasteiger partial charge on any atom is -0.407 e. The van der Waals surface area contributed by atoms with Crippen LogP contribution < -0.4 is 21.7 Å². The smallest absolute Gasteiger partial charge is 0.319 e. The summed E-state index contributed by atoms with van der Waals surface area (Å²) in [5.41, 5.74) is 10.2. The summed E-state index contributed by atoms with van der Waals surface area (Å²) in [5, 5.41) is 10.8. The van der Waals surface area contributed by atoms with Gasteiger partial charge in [0.15, 0.2) is 0 Å². The lowest BCUT2D eigenvalue weighted by Crippen LogP contribution is -2.39. The van der Waals surface area contributed by atoms with E-state index < -0.39 is 11.8 Å². The van der Waals surface area contributed by atoms with Crippen molar-refractivity contribution < 1.29 is 14.0 Å². The lowest BCUT2D eigenvalue weighted by atomic mass is 10.4. The number of rotatable bonds is 8. The van der Waals surface area contributed by atoms with Crippen LogP contribution in [-0.4, -0.2) is 41.1 Å². The number of carbonyl (C=O) groups excluding carboxylic acids is 2. The Labute approximate surface area is 109 Å². The van der Waals surface area contributed by atoms with Crippen LogP contribution in [0.3, 0.4) is 0 Å². The zero-order valence-electron chi connectivity index (χ0n) is 10.3. The third-order valence-corrected chi connectivity index (χ3v) is 2.54. The van der Waals surface area contributed by atoms with Gasteiger partial charge in [-0.3, -0.25) is 9.59 Å². The molecule has 1 aromatic rings. The van der Waals surface area contributed by atoms with Crippen LogP contribution in [0.15, 0.2) is 4.42 Å². The van der Waals surface area contributed by atoms with Crippen LogP contribution >= 0.6 is 0 Å². The summed E-state index contributed by atoms with van der Waals surface area (Å²) in [6.07, 6.45) is 2.30. The summed E-state index contributed by atoms with van der Waals surface area (Å²) in [6.45, 7) is 0.0416. The number of primary amides is 2. The highest BCUT2D eigenvalue weighted by Crippen LogP contribution is 2.19. The minimum atomic E-state index is -0.614. The predicted octanol–water partition coefficient (Wildman–Crippen LogP) is -1.90. The molecule has 1 aliphatic carbocycles. The SMILES string of the molecule is NC(=O)CN(CC(N)=O)c1nnc(CNC2CC2)o1. The molecular formula is C10H16N6O3. The van der Waals surface area contributed by atoms with E-state index in [1.165, 1.54) is 4.90 Å². The van der Waals surface area contributed by atoms with Crippen molar-refractivity contribution in [3.8, 4) is 0 Å². The van der Waals surface area contributed by atoms with Crippen LogP contribution in [-0.2, 0) is 16.1 Å². The van der Waals surface area contributed by atoms with Crippen LogP contribution in [0.1, 0.15) is 18.7 Å². The molecule has 1 aromatic heterocycles. The molecule has 0 radical (unpaired) electrons. The van der Waals surface area contributed by atoms with E-state index in [2.05, 4.69) is 15.5 Å². The molecule has 1 saturated carbocycles. The summed E-state index contributed by atoms with van der Waals surface area (Å²) in [4.78, 5) is 23.1. The van der Waals surface area contributed by atoms with Crippen molar-refractivity contribution in [3.63, 3.8) is 0 Å². The molecule has 1 aliphatic rings. The zero-order valence-corrected chi connectivity index (χ0v) is 10.3. The van der Waals surface area contributed by atoms with Crippen molar-refractivity contribution in [2.45, 2.75) is 25.4 Å². The Bertz CT molecular complexity index is 454. The van der Waals surface area contributed by atoms with Crippen LogP contribution in [0.4, 0.5) is 6.01 Å². The molecule has 0 spiro atoms. The Hall–Kier alpha value is -2.16. The average Bonchev–Trinajstić information content (AvgIpc) is 3.02. The van der Waals surface area contributed by atoms with Crippen LogP contribution in [0.2, 0.25) is 0 Å². The summed E-state index contributed by atoms with van der Waals surface area (Å²) in [6, 6.07) is 0.577. The molecule has 2 rings (SSSR count). The predicted molar refractivity (Wildman–Crippen MR) is 64.8 cm³/mol. The van der Waals surface area contributed by atoms with Crippen LogP contribution in [0.25, 0.3) is 0 Å². The monoisotopic (exact) mass is 268 g/mol. The van der Waals surface area contributed by atoms with Gasteiger partial charge in [-0.15, -0.1) is 5.10 Å². The number of anilines is 1. The van der Waals surface area contributed by atoms with Crippen LogP contribution in [0, 0.1) is 0 Å². The van der Waals surface area contributed by atoms with E-state index in [-0.39, 0.29) is 19.1 Å². The number of hydrogen-bond acceptors (Lipinski definition) is 7. The van der Waals surface area contributed by atoms with Crippen molar-refractivity contribution in [2.24, 2.45) is 11.5 Å². The normalized spacial score (nSPS) is 14.3. The molecular weight excluding hydrogens is 252 g/mol. The van der Waals surface area contributed by atoms with Gasteiger partial charge in [-0.2, -0.15) is 0 Å². The first-order valence-electron chi connectivity index (χ1n) is 5.92. The van der Waals surface area contributed by atoms with Gasteiger partial charge >= 0.3 is 6.01 Å². The second-order valence-electron chi connectivity index (χ2n) is 4.42. The van der Waals surface area contributed by atoms with E-state index in [0.717, 1.165) is 12.8 Å². The second kappa shape index (κ2) is 5.65. The molecule has 0 aliphatic heterocycles. The highest BCUT2D eigenvalue weighted by molar-refractivity contribution is 5.83. The fraction of sp³-hybridized carbons (Fsp3) is 0.600. The quantitative estimate of drug-likeness (QED) is 0.500. The molecule has 104 valence electrons. The molecule has 9 heteroatoms. The number of nitrogens with two attached hydrogens (primary N) is 2. The molecule has 0 aromatic carbocycles. The van der Waals surface area contributed by atoms with Gasteiger partial charge in [0.25, 0.3) is 0 Å². The first kappa shape index (κ1) is 13.3. The van der Waals surface area contributed by atoms with E-state index in [1.54, 1.807) is 0 Å². The van der Waals surface area contributed by atoms with E-state index in [9.17, 15) is 9.59 Å². The Balaban J connectivity index is 1.98. The number of hydrogen-bond donors (Lipinski definition) is 3. The molecule has 1 heterocycles. The highest BCUT2D eigenvalue weighted by atomic mass is 16.4. The summed E-state index contributed by atoms with van der Waals surface area (Å²) in [7, 11) is 0. The summed E-state index contributed by atoms with van der Waals surface area (Å²) >= 11 is 0. The third kappa shape index (κ3) is 4.21. The van der Waals surface area contributed by atoms with Gasteiger partial charge in [0.05, 0.1) is 6.54 Å². The fourth-order valence-corrected chi connectivity index (χ4v) is 1.53. The maximum Gasteiger partial charge on any atom is 0.319 e. The third-order valence-electron chi connectivity index (χ3n) is 2.54. The number of carbonyl (C=O) groups is 2. The van der Waals surface area contributed by atoms with Gasteiger partial charge in [-0.1, -0.05) is 5.10 Å². The maximum absolute atomic E-state index is 10.9. The van der Waals surface area contributed by atoms with E-state index in [4.69, 9.17) is 15.9 Å². The molecule has 5 N–H and O–H groups in total. The van der Waals surface area contributed by atoms with Crippen molar-refractivity contribution in [2.75, 3.05) is 18.0 Å². The molecule has 1 fully saturated rings. The summed E-state index contributed by atoms with van der Waals surface area (Å²) < 4.78 is 5.35. The first-order valence-corrected chi connectivity index (χ1v) is 5.92. The summed E-state index contributed by atoms with van der Waals surface area (Å²) in [5.74, 6) is -0.838. The molecule has 2 amide bonds. The van der Waals surface area contributed by atoms with Crippen molar-refractivity contribution >= 4 is 17.8 Å². The minimum absolute atomic E-state index is 0.0604. The molecule has 0 atom stereocenters. The zero-order chi connectivity index (χ0) is 13.8. The lowest BCUT2D eigenvalue weighted by Gasteiger charge is -2.15. The van der Waals surface area contributed by atoms with Gasteiger partial charge in [-0.25, -0.2) is 0 Å². The number of amides is 2. The fourth-order valence-electron chi connectivity index (χ4n) is 1.53. The maximum atomic E-state index is 10.9. The molecule has 0 unspecified atom stereocenters. The molecule has 0 bridgehead atoms. The first-order chi connectivity index (χ1) is 9.04. The van der Waals surface area contributed by atoms with E-state index >= 15 is 0 Å². The Morgan fingerprint density at radius 1 is 1.26 bits per heavy atom. The number of aromatic nitrogens is 2. The van der Waals surface area contributed by atoms with Gasteiger partial charge in [0.2, 0.25) is 17.7 Å². The van der Waals surface area contributed by atoms with Gasteiger partial charge in [-0.05, 0) is 12.8 Å². The lowest BCUT2D eigenvalue weighted by molar-refractivity contribution is -0.117. The van der Waals surface area contributed by atoms with Crippen LogP contribution in [0.5, 0.6) is 0 Å². The van der Waals surface area contributed by atoms with Gasteiger partial charge in [0, 0.05) is 6.04 Å². The van der Waals surface area contributed by atoms with E-state index in [1.807, 2.05) is 0 Å². The highest BCUT2D eigenvalue weighted by Gasteiger charge is 2.22. The standard InChI is InChI=1S/C10H16N6O3/c11-7(17)4-16(5-8(12)18)10-15-14-9(19-10)3-13-6-1-2-6/h6,13H,1-5H2,(H2,11,17)(H2,12,18). The number of nitrogens with zero attached hydrogens (tertiary/aromatic N) is 3. The van der Waals surface area contributed by atoms with Crippen molar-refractivity contribution in [3.05, 3.63) is 5.89 Å². The molecule has 0 saturated heterocycles. The number of nitrogens with one attached hydrogen (secondary N) is 1. The second-order valence-corrected chi connectivity index (χ2v) is 4.42. The molecule has 9 nitrogen and oxygen atoms in total. The topological polar surface area (TPSA) is 140 Å². The largest absolute Gasteiger partial charge is 0.407 e. The van der Waals surface area contributed by atoms with E-state index in [0.29, 0.717) is 18.5 Å². The van der Waals surface area contributed by atoms with Crippen molar-refractivity contribution in [1.29, 1.82) is 0 Å². The Morgan fingerprint density at radius 3 is 2.42 bits per heavy atom. The van der Waals surface area contributed by atoms with Gasteiger partial charge in [0.1, 0.15) is 13.1 Å². The Kier molecular flexibility index (Phi) is 3.95. The average molecular weight is 268 g/mol. The van der Waals surface area contributed by atoms with Gasteiger partial charge < -0.3 is 26.1 Å². The van der Waals surface area contributed by atoms with Crippen molar-refractivity contribution in [1.82, 2.24) is 15.5 Å². The molecule has 19 heavy (non-hydrogen) atoms. The Morgan fingerprint density at radius 2 is 1.89 bits per heavy atom.